The molecule has 0 spiro atoms. The Kier molecular flexibility index (Phi) is 14.5. The monoisotopic (exact) mass is 935 g/mol. The van der Waals surface area contributed by atoms with E-state index >= 15 is 0 Å². The maximum absolute atomic E-state index is 14.5. The largest absolute Gasteiger partial charge is 0.512 e. The summed E-state index contributed by atoms with van der Waals surface area (Å²) in [5, 5.41) is 12.1. The van der Waals surface area contributed by atoms with Gasteiger partial charge in [-0.3, -0.25) is 9.78 Å². The van der Waals surface area contributed by atoms with Crippen LogP contribution >= 0.6 is 0 Å². The van der Waals surface area contributed by atoms with Crippen LogP contribution in [-0.4, -0.2) is 22.1 Å². The van der Waals surface area contributed by atoms with Gasteiger partial charge in [-0.05, 0) is 72.3 Å². The van der Waals surface area contributed by atoms with Crippen LogP contribution in [0.2, 0.25) is 0 Å². The number of pyridine rings is 1. The molecule has 1 N–H and O–H groups in total. The summed E-state index contributed by atoms with van der Waals surface area (Å²) in [6.07, 6.45) is 2.43. The molecule has 55 heavy (non-hydrogen) atoms. The van der Waals surface area contributed by atoms with Crippen molar-refractivity contribution in [2.24, 2.45) is 16.2 Å². The van der Waals surface area contributed by atoms with E-state index in [-0.39, 0.29) is 76.6 Å². The molecule has 2 heterocycles. The zero-order valence-electron chi connectivity index (χ0n) is 34.7. The number of carbonyl (C=O) groups excluding carboxylic acids is 1. The molecule has 4 nitrogen and oxygen atoms in total. The number of halogens is 3. The van der Waals surface area contributed by atoms with E-state index < -0.39 is 11.7 Å². The van der Waals surface area contributed by atoms with Gasteiger partial charge >= 0.3 is 6.18 Å². The summed E-state index contributed by atoms with van der Waals surface area (Å²) in [4.78, 5) is 16.8. The number of aromatic nitrogens is 1. The molecule has 0 unspecified atom stereocenters. The fraction of sp³-hybridized carbons (Fsp3) is 0.489. The molecular formula is C47H59F3IrNO3-. The van der Waals surface area contributed by atoms with Crippen LogP contribution in [0.15, 0.2) is 71.0 Å². The van der Waals surface area contributed by atoms with E-state index in [1.807, 2.05) is 65.8 Å². The van der Waals surface area contributed by atoms with Crippen LogP contribution in [0.25, 0.3) is 33.2 Å². The van der Waals surface area contributed by atoms with Crippen molar-refractivity contribution in [3.05, 3.63) is 101 Å². The number of rotatable bonds is 10. The Bertz CT molecular complexity index is 2030. The molecule has 1 aliphatic carbocycles. The topological polar surface area (TPSA) is 63.3 Å². The first-order valence-electron chi connectivity index (χ1n) is 19.3. The fourth-order valence-corrected chi connectivity index (χ4v) is 6.92. The van der Waals surface area contributed by atoms with Crippen LogP contribution < -0.4 is 0 Å². The smallest absolute Gasteiger partial charge is 0.417 e. The second-order valence-corrected chi connectivity index (χ2v) is 17.5. The number of carbonyl (C=O) groups is 1. The quantitative estimate of drug-likeness (QED) is 0.0978. The molecule has 1 aliphatic rings. The van der Waals surface area contributed by atoms with Crippen LogP contribution in [0.3, 0.4) is 0 Å². The molecule has 8 heteroatoms. The first-order chi connectivity index (χ1) is 25.0. The predicted molar refractivity (Wildman–Crippen MR) is 216 cm³/mol. The zero-order chi connectivity index (χ0) is 40.4. The van der Waals surface area contributed by atoms with E-state index in [4.69, 9.17) is 4.42 Å². The first kappa shape index (κ1) is 45.9. The van der Waals surface area contributed by atoms with Crippen molar-refractivity contribution in [3.8, 4) is 11.3 Å². The number of aliphatic hydroxyl groups excluding tert-OH is 1. The number of alkyl halides is 3. The van der Waals surface area contributed by atoms with E-state index in [2.05, 4.69) is 58.7 Å². The molecular weight excluding hydrogens is 876 g/mol. The van der Waals surface area contributed by atoms with Crippen molar-refractivity contribution in [1.82, 2.24) is 4.98 Å². The number of allylic oxidation sites excluding steroid dienone is 4. The Morgan fingerprint density at radius 1 is 0.873 bits per heavy atom. The van der Waals surface area contributed by atoms with Crippen molar-refractivity contribution in [2.45, 2.75) is 133 Å². The summed E-state index contributed by atoms with van der Waals surface area (Å²) in [5.41, 5.74) is 1.79. The van der Waals surface area contributed by atoms with Crippen molar-refractivity contribution in [3.63, 3.8) is 0 Å². The van der Waals surface area contributed by atoms with Crippen molar-refractivity contribution in [2.75, 3.05) is 0 Å². The third-order valence-corrected chi connectivity index (χ3v) is 11.4. The number of ketones is 1. The molecule has 301 valence electrons. The molecule has 0 saturated carbocycles. The summed E-state index contributed by atoms with van der Waals surface area (Å²) in [5.74, 6) is 1.24. The number of fused-ring (bicyclic) bond motifs is 2. The van der Waals surface area contributed by atoms with Gasteiger partial charge in [-0.15, -0.1) is 29.1 Å². The molecule has 4 aromatic rings. The molecule has 5 rings (SSSR count). The van der Waals surface area contributed by atoms with Gasteiger partial charge in [0.15, 0.2) is 5.78 Å². The molecule has 0 bridgehead atoms. The second-order valence-electron chi connectivity index (χ2n) is 17.5. The summed E-state index contributed by atoms with van der Waals surface area (Å²) in [6, 6.07) is 18.4. The van der Waals surface area contributed by atoms with Gasteiger partial charge in [0, 0.05) is 60.9 Å². The Morgan fingerprint density at radius 3 is 2.02 bits per heavy atom. The number of hydrogen-bond donors (Lipinski definition) is 1. The number of aliphatic hydroxyl groups is 1. The Balaban J connectivity index is 0.000000385. The maximum atomic E-state index is 14.5. The minimum absolute atomic E-state index is 0. The van der Waals surface area contributed by atoms with E-state index in [9.17, 15) is 23.1 Å². The molecule has 0 saturated heterocycles. The van der Waals surface area contributed by atoms with Crippen LogP contribution in [0, 0.1) is 22.3 Å². The standard InChI is InChI=1S/C32H31F3NO.C15H28O2.Ir/c1-30(2,3)18-21-11-12-27(37-21)25-17-24-23(28(25)32(33,34)35)13-14-36-29(24)20-15-19-9-7-8-10-22(19)26(16-20)31(4,5)6;1-7-14(5,8-2)12(16)11-13(17)15(6,9-3)10-4;/h7-14,16H,17-18H2,1-6H3;11,16H,7-10H2,1-6H3;/q-1;;/b;12-11-;. The normalized spacial score (nSPS) is 14.1. The molecule has 0 aliphatic heterocycles. The van der Waals surface area contributed by atoms with E-state index in [1.54, 1.807) is 12.1 Å². The molecule has 0 amide bonds. The Hall–Kier alpha value is -3.48. The number of furan rings is 1. The molecule has 0 atom stereocenters. The van der Waals surface area contributed by atoms with Crippen LogP contribution in [-0.2, 0) is 43.2 Å². The zero-order valence-corrected chi connectivity index (χ0v) is 37.1. The van der Waals surface area contributed by atoms with Gasteiger partial charge in [-0.2, -0.15) is 13.2 Å². The Morgan fingerprint density at radius 2 is 1.47 bits per heavy atom. The van der Waals surface area contributed by atoms with Crippen LogP contribution in [0.4, 0.5) is 13.2 Å². The summed E-state index contributed by atoms with van der Waals surface area (Å²) >= 11 is 0. The molecule has 1 radical (unpaired) electrons. The second kappa shape index (κ2) is 17.3. The molecule has 0 fully saturated rings. The maximum Gasteiger partial charge on any atom is 0.417 e. The van der Waals surface area contributed by atoms with Gasteiger partial charge in [-0.1, -0.05) is 112 Å². The first-order valence-corrected chi connectivity index (χ1v) is 19.3. The van der Waals surface area contributed by atoms with Crippen molar-refractivity contribution < 1.29 is 47.6 Å². The van der Waals surface area contributed by atoms with Crippen molar-refractivity contribution >= 4 is 27.7 Å². The number of nitrogens with zero attached hydrogens (tertiary/aromatic N) is 1. The van der Waals surface area contributed by atoms with Gasteiger partial charge in [-0.25, -0.2) is 0 Å². The average Bonchev–Trinajstić information content (AvgIpc) is 3.74. The molecule has 2 aromatic carbocycles. The Labute approximate surface area is 340 Å². The molecule has 2 aromatic heterocycles. The summed E-state index contributed by atoms with van der Waals surface area (Å²) in [6.45, 7) is 24.7. The van der Waals surface area contributed by atoms with Gasteiger partial charge in [0.05, 0.1) is 5.57 Å². The van der Waals surface area contributed by atoms with E-state index in [0.29, 0.717) is 29.0 Å². The third-order valence-electron chi connectivity index (χ3n) is 11.4. The number of benzene rings is 2. The van der Waals surface area contributed by atoms with Crippen LogP contribution in [0.5, 0.6) is 0 Å². The fourth-order valence-electron chi connectivity index (χ4n) is 6.92. The van der Waals surface area contributed by atoms with Gasteiger partial charge < -0.3 is 9.52 Å². The van der Waals surface area contributed by atoms with Crippen LogP contribution in [0.1, 0.15) is 137 Å². The number of hydrogen-bond acceptors (Lipinski definition) is 4. The van der Waals surface area contributed by atoms with Gasteiger partial charge in [0.25, 0.3) is 0 Å². The summed E-state index contributed by atoms with van der Waals surface area (Å²) in [7, 11) is 0. The van der Waals surface area contributed by atoms with Gasteiger partial charge in [0.2, 0.25) is 0 Å². The van der Waals surface area contributed by atoms with Gasteiger partial charge in [0.1, 0.15) is 17.3 Å². The van der Waals surface area contributed by atoms with E-state index in [1.165, 1.54) is 18.3 Å². The van der Waals surface area contributed by atoms with E-state index in [0.717, 1.165) is 42.0 Å². The minimum atomic E-state index is -4.53. The summed E-state index contributed by atoms with van der Waals surface area (Å²) < 4.78 is 49.4. The predicted octanol–water partition coefficient (Wildman–Crippen LogP) is 13.9. The van der Waals surface area contributed by atoms with Crippen molar-refractivity contribution in [1.29, 1.82) is 0 Å². The third kappa shape index (κ3) is 10.3. The minimum Gasteiger partial charge on any atom is -0.512 e. The average molecular weight is 935 g/mol. The SMILES string of the molecule is CC(C)(C)Cc1ccc(C2=C(C(F)(F)F)c3ccnc(-c4[c-]c5ccccc5c(C(C)(C)C)c4)c3C2)o1.CCC(C)(CC)C(=O)/C=C(\O)C(C)(CC)CC.[Ir].